The molecule has 2 aliphatic rings. The predicted octanol–water partition coefficient (Wildman–Crippen LogP) is 0.732. The molecule has 2 amide bonds. The Morgan fingerprint density at radius 3 is 2.52 bits per heavy atom. The largest absolute Gasteiger partial charge is 0.496 e. The van der Waals surface area contributed by atoms with Crippen LogP contribution in [0.1, 0.15) is 23.2 Å². The molecule has 0 aromatic heterocycles. The molecule has 6 nitrogen and oxygen atoms in total. The van der Waals surface area contributed by atoms with Gasteiger partial charge >= 0.3 is 0 Å². The summed E-state index contributed by atoms with van der Waals surface area (Å²) in [6, 6.07) is 7.68. The van der Waals surface area contributed by atoms with Crippen molar-refractivity contribution in [1.29, 1.82) is 0 Å². The normalized spacial score (nSPS) is 18.6. The monoisotopic (exact) mass is 317 g/mol. The topological polar surface area (TPSA) is 61.9 Å². The van der Waals surface area contributed by atoms with Gasteiger partial charge in [-0.25, -0.2) is 0 Å². The number of hydrogen-bond donors (Lipinski definition) is 1. The SMILES string of the molecule is COc1ccccc1C(=O)N1CCN(CC(=O)NC2CC2)CC1. The Balaban J connectivity index is 1.51. The molecule has 0 spiro atoms. The van der Waals surface area contributed by atoms with Crippen molar-refractivity contribution in [3.8, 4) is 5.75 Å². The summed E-state index contributed by atoms with van der Waals surface area (Å²) in [5.41, 5.74) is 0.593. The van der Waals surface area contributed by atoms with E-state index >= 15 is 0 Å². The van der Waals surface area contributed by atoms with E-state index in [2.05, 4.69) is 10.2 Å². The fraction of sp³-hybridized carbons (Fsp3) is 0.529. The number of ether oxygens (including phenoxy) is 1. The summed E-state index contributed by atoms with van der Waals surface area (Å²) in [6.45, 7) is 3.13. The molecule has 1 aromatic carbocycles. The summed E-state index contributed by atoms with van der Waals surface area (Å²) >= 11 is 0. The molecule has 0 radical (unpaired) electrons. The van der Waals surface area contributed by atoms with Crippen LogP contribution in [0, 0.1) is 0 Å². The van der Waals surface area contributed by atoms with Crippen molar-refractivity contribution in [3.05, 3.63) is 29.8 Å². The van der Waals surface area contributed by atoms with E-state index in [9.17, 15) is 9.59 Å². The van der Waals surface area contributed by atoms with E-state index in [1.54, 1.807) is 19.2 Å². The number of para-hydroxylation sites is 1. The molecular weight excluding hydrogens is 294 g/mol. The van der Waals surface area contributed by atoms with E-state index in [1.807, 2.05) is 17.0 Å². The van der Waals surface area contributed by atoms with Gasteiger partial charge < -0.3 is 15.0 Å². The van der Waals surface area contributed by atoms with Gasteiger partial charge in [-0.1, -0.05) is 12.1 Å². The second-order valence-corrected chi connectivity index (χ2v) is 6.11. The molecule has 6 heteroatoms. The first-order valence-electron chi connectivity index (χ1n) is 8.11. The molecule has 1 saturated carbocycles. The Labute approximate surface area is 136 Å². The van der Waals surface area contributed by atoms with Crippen molar-refractivity contribution in [3.63, 3.8) is 0 Å². The predicted molar refractivity (Wildman–Crippen MR) is 86.5 cm³/mol. The fourth-order valence-electron chi connectivity index (χ4n) is 2.80. The van der Waals surface area contributed by atoms with Gasteiger partial charge in [0.05, 0.1) is 19.2 Å². The number of piperazine rings is 1. The summed E-state index contributed by atoms with van der Waals surface area (Å²) in [6.07, 6.45) is 2.21. The smallest absolute Gasteiger partial charge is 0.257 e. The summed E-state index contributed by atoms with van der Waals surface area (Å²) in [5.74, 6) is 0.685. The van der Waals surface area contributed by atoms with Crippen molar-refractivity contribution in [1.82, 2.24) is 15.1 Å². The molecule has 1 saturated heterocycles. The highest BCUT2D eigenvalue weighted by Crippen LogP contribution is 2.20. The number of rotatable bonds is 5. The van der Waals surface area contributed by atoms with Crippen LogP contribution in [0.5, 0.6) is 5.75 Å². The minimum absolute atomic E-state index is 0.00969. The number of carbonyl (C=O) groups is 2. The highest BCUT2D eigenvalue weighted by molar-refractivity contribution is 5.97. The first-order chi connectivity index (χ1) is 11.2. The second-order valence-electron chi connectivity index (χ2n) is 6.11. The second kappa shape index (κ2) is 7.00. The zero-order valence-corrected chi connectivity index (χ0v) is 13.5. The maximum Gasteiger partial charge on any atom is 0.257 e. The minimum Gasteiger partial charge on any atom is -0.496 e. The lowest BCUT2D eigenvalue weighted by atomic mass is 10.1. The van der Waals surface area contributed by atoms with E-state index in [4.69, 9.17) is 4.74 Å². The van der Waals surface area contributed by atoms with E-state index < -0.39 is 0 Å². The summed E-state index contributed by atoms with van der Waals surface area (Å²) in [4.78, 5) is 28.4. The van der Waals surface area contributed by atoms with Crippen molar-refractivity contribution in [2.75, 3.05) is 39.8 Å². The lowest BCUT2D eigenvalue weighted by Gasteiger charge is -2.34. The Kier molecular flexibility index (Phi) is 4.81. The first kappa shape index (κ1) is 15.8. The average molecular weight is 317 g/mol. The van der Waals surface area contributed by atoms with Crippen LogP contribution in [-0.4, -0.2) is 67.5 Å². The van der Waals surface area contributed by atoms with Crippen molar-refractivity contribution >= 4 is 11.8 Å². The number of nitrogens with one attached hydrogen (secondary N) is 1. The lowest BCUT2D eigenvalue weighted by Crippen LogP contribution is -2.51. The van der Waals surface area contributed by atoms with Gasteiger partial charge in [0.25, 0.3) is 5.91 Å². The molecule has 1 heterocycles. The van der Waals surface area contributed by atoms with Crippen LogP contribution >= 0.6 is 0 Å². The van der Waals surface area contributed by atoms with Gasteiger partial charge in [0, 0.05) is 32.2 Å². The molecule has 23 heavy (non-hydrogen) atoms. The van der Waals surface area contributed by atoms with Crippen LogP contribution in [0.4, 0.5) is 0 Å². The molecule has 1 N–H and O–H groups in total. The molecule has 2 fully saturated rings. The standard InChI is InChI=1S/C17H23N3O3/c1-23-15-5-3-2-4-14(15)17(22)20-10-8-19(9-11-20)12-16(21)18-13-6-7-13/h2-5,13H,6-12H2,1H3,(H,18,21). The number of amides is 2. The zero-order valence-electron chi connectivity index (χ0n) is 13.5. The Hall–Kier alpha value is -2.08. The van der Waals surface area contributed by atoms with Crippen LogP contribution in [-0.2, 0) is 4.79 Å². The van der Waals surface area contributed by atoms with E-state index in [-0.39, 0.29) is 11.8 Å². The maximum absolute atomic E-state index is 12.6. The van der Waals surface area contributed by atoms with Crippen LogP contribution in [0.3, 0.4) is 0 Å². The van der Waals surface area contributed by atoms with Gasteiger partial charge in [-0.05, 0) is 25.0 Å². The van der Waals surface area contributed by atoms with Gasteiger partial charge in [-0.2, -0.15) is 0 Å². The molecule has 124 valence electrons. The van der Waals surface area contributed by atoms with Crippen molar-refractivity contribution in [2.45, 2.75) is 18.9 Å². The quantitative estimate of drug-likeness (QED) is 0.870. The van der Waals surface area contributed by atoms with E-state index in [1.165, 1.54) is 0 Å². The van der Waals surface area contributed by atoms with Crippen LogP contribution in [0.2, 0.25) is 0 Å². The fourth-order valence-corrected chi connectivity index (χ4v) is 2.80. The first-order valence-corrected chi connectivity index (χ1v) is 8.11. The molecule has 0 unspecified atom stereocenters. The van der Waals surface area contributed by atoms with Gasteiger partial charge in [0.2, 0.25) is 5.91 Å². The summed E-state index contributed by atoms with van der Waals surface area (Å²) < 4.78 is 5.26. The van der Waals surface area contributed by atoms with Crippen LogP contribution in [0.15, 0.2) is 24.3 Å². The van der Waals surface area contributed by atoms with Crippen molar-refractivity contribution < 1.29 is 14.3 Å². The number of nitrogens with zero attached hydrogens (tertiary/aromatic N) is 2. The summed E-state index contributed by atoms with van der Waals surface area (Å²) in [5, 5.41) is 3.00. The molecule has 1 aromatic rings. The third-order valence-corrected chi connectivity index (χ3v) is 4.31. The van der Waals surface area contributed by atoms with Crippen LogP contribution < -0.4 is 10.1 Å². The summed E-state index contributed by atoms with van der Waals surface area (Å²) in [7, 11) is 1.57. The third-order valence-electron chi connectivity index (χ3n) is 4.31. The number of hydrogen-bond acceptors (Lipinski definition) is 4. The molecule has 0 atom stereocenters. The van der Waals surface area contributed by atoms with Gasteiger partial charge in [-0.15, -0.1) is 0 Å². The highest BCUT2D eigenvalue weighted by Gasteiger charge is 2.27. The molecule has 1 aliphatic heterocycles. The van der Waals surface area contributed by atoms with Gasteiger partial charge in [0.15, 0.2) is 0 Å². The zero-order chi connectivity index (χ0) is 16.2. The third kappa shape index (κ3) is 4.01. The molecule has 0 bridgehead atoms. The Morgan fingerprint density at radius 1 is 1.17 bits per heavy atom. The number of benzene rings is 1. The molecule has 3 rings (SSSR count). The van der Waals surface area contributed by atoms with Crippen LogP contribution in [0.25, 0.3) is 0 Å². The highest BCUT2D eigenvalue weighted by atomic mass is 16.5. The van der Waals surface area contributed by atoms with Gasteiger partial charge in [-0.3, -0.25) is 14.5 Å². The molecular formula is C17H23N3O3. The van der Waals surface area contributed by atoms with Gasteiger partial charge in [0.1, 0.15) is 5.75 Å². The Morgan fingerprint density at radius 2 is 1.87 bits per heavy atom. The van der Waals surface area contributed by atoms with Crippen molar-refractivity contribution in [2.24, 2.45) is 0 Å². The molecule has 1 aliphatic carbocycles. The number of methoxy groups -OCH3 is 1. The Bertz CT molecular complexity index is 578. The lowest BCUT2D eigenvalue weighted by molar-refractivity contribution is -0.122. The average Bonchev–Trinajstić information content (AvgIpc) is 3.38. The maximum atomic E-state index is 12.6. The minimum atomic E-state index is -0.00969. The van der Waals surface area contributed by atoms with E-state index in [0.717, 1.165) is 25.9 Å². The number of carbonyl (C=O) groups excluding carboxylic acids is 2. The van der Waals surface area contributed by atoms with E-state index in [0.29, 0.717) is 37.0 Å².